The predicted octanol–water partition coefficient (Wildman–Crippen LogP) is 6.30. The monoisotopic (exact) mass is 482 g/mol. The summed E-state index contributed by atoms with van der Waals surface area (Å²) in [7, 11) is 0. The highest BCUT2D eigenvalue weighted by Crippen LogP contribution is 2.29. The van der Waals surface area contributed by atoms with Gasteiger partial charge in [0.05, 0.1) is 17.0 Å². The van der Waals surface area contributed by atoms with Crippen LogP contribution in [0.1, 0.15) is 66.2 Å². The molecule has 0 N–H and O–H groups in total. The van der Waals surface area contributed by atoms with Crippen molar-refractivity contribution in [2.75, 3.05) is 5.88 Å². The molecule has 0 unspecified atom stereocenters. The number of carbonyl (C=O) groups is 2. The lowest BCUT2D eigenvalue weighted by Gasteiger charge is -2.14. The number of fused-ring (bicyclic) bond motifs is 1. The molecule has 6 nitrogen and oxygen atoms in total. The van der Waals surface area contributed by atoms with Gasteiger partial charge in [0, 0.05) is 17.1 Å². The maximum atomic E-state index is 12.7. The Morgan fingerprint density at radius 2 is 1.48 bits per heavy atom. The fraction of sp³-hybridized carbons (Fsp3) is 0.360. The molecule has 172 valence electrons. The largest absolute Gasteiger partial charge is 0.302 e. The van der Waals surface area contributed by atoms with E-state index in [2.05, 4.69) is 21.7 Å². The van der Waals surface area contributed by atoms with E-state index in [1.54, 1.807) is 24.3 Å². The molecule has 0 atom stereocenters. The second-order valence-electron chi connectivity index (χ2n) is 8.09. The van der Waals surface area contributed by atoms with Gasteiger partial charge in [-0.05, 0) is 42.8 Å². The highest BCUT2D eigenvalue weighted by atomic mass is 35.5. The normalized spacial score (nSPS) is 13.1. The van der Waals surface area contributed by atoms with Crippen LogP contribution in [0, 0.1) is 0 Å². The van der Waals surface area contributed by atoms with Gasteiger partial charge in [0.15, 0.2) is 11.0 Å². The number of hydrogen-bond acceptors (Lipinski definition) is 5. The molecular formula is C25H27ClN4O2S. The van der Waals surface area contributed by atoms with Crippen molar-refractivity contribution in [3.05, 3.63) is 64.7 Å². The smallest absolute Gasteiger partial charge is 0.262 e. The molecule has 1 aromatic heterocycles. The fourth-order valence-corrected chi connectivity index (χ4v) is 4.98. The molecular weight excluding hydrogens is 456 g/mol. The van der Waals surface area contributed by atoms with Crippen LogP contribution in [-0.2, 0) is 6.54 Å². The van der Waals surface area contributed by atoms with Gasteiger partial charge in [0.25, 0.3) is 11.8 Å². The van der Waals surface area contributed by atoms with E-state index in [0.717, 1.165) is 30.8 Å². The van der Waals surface area contributed by atoms with E-state index in [0.29, 0.717) is 21.3 Å². The first-order chi connectivity index (χ1) is 16.1. The van der Waals surface area contributed by atoms with Crippen molar-refractivity contribution < 1.29 is 9.59 Å². The summed E-state index contributed by atoms with van der Waals surface area (Å²) in [6, 6.07) is 14.5. The molecule has 0 radical (unpaired) electrons. The summed E-state index contributed by atoms with van der Waals surface area (Å²) in [4.78, 5) is 26.7. The second-order valence-corrected chi connectivity index (χ2v) is 9.44. The quantitative estimate of drug-likeness (QED) is 0.182. The van der Waals surface area contributed by atoms with Crippen molar-refractivity contribution in [3.63, 3.8) is 0 Å². The fourth-order valence-electron chi connectivity index (χ4n) is 3.94. The molecule has 0 bridgehead atoms. The number of thioether (sulfide) groups is 1. The molecule has 2 amide bonds. The number of nitrogens with zero attached hydrogens (tertiary/aromatic N) is 4. The average molecular weight is 483 g/mol. The number of unbranched alkanes of at least 4 members (excludes halogenated alkanes) is 5. The lowest BCUT2D eigenvalue weighted by atomic mass is 10.1. The van der Waals surface area contributed by atoms with Gasteiger partial charge in [-0.25, -0.2) is 0 Å². The van der Waals surface area contributed by atoms with E-state index < -0.39 is 0 Å². The third-order valence-corrected chi connectivity index (χ3v) is 6.95. The van der Waals surface area contributed by atoms with Crippen molar-refractivity contribution in [1.82, 2.24) is 19.7 Å². The molecule has 2 heterocycles. The minimum atomic E-state index is -0.261. The van der Waals surface area contributed by atoms with E-state index in [-0.39, 0.29) is 17.7 Å². The molecule has 0 saturated carbocycles. The molecule has 2 aromatic carbocycles. The van der Waals surface area contributed by atoms with Gasteiger partial charge in [-0.3, -0.25) is 14.5 Å². The number of imide groups is 1. The molecule has 1 aliphatic rings. The van der Waals surface area contributed by atoms with Crippen LogP contribution in [0.15, 0.2) is 53.7 Å². The highest BCUT2D eigenvalue weighted by Gasteiger charge is 2.35. The van der Waals surface area contributed by atoms with Crippen molar-refractivity contribution in [1.29, 1.82) is 0 Å². The second kappa shape index (κ2) is 11.0. The number of carbonyl (C=O) groups excluding carboxylic acids is 2. The maximum absolute atomic E-state index is 12.7. The minimum absolute atomic E-state index is 0.196. The lowest BCUT2D eigenvalue weighted by Crippen LogP contribution is -2.29. The van der Waals surface area contributed by atoms with E-state index in [1.807, 2.05) is 24.3 Å². The first-order valence-corrected chi connectivity index (χ1v) is 12.7. The Kier molecular flexibility index (Phi) is 7.83. The summed E-state index contributed by atoms with van der Waals surface area (Å²) in [5.41, 5.74) is 1.85. The Hall–Kier alpha value is -2.64. The van der Waals surface area contributed by atoms with Crippen molar-refractivity contribution in [2.45, 2.75) is 57.1 Å². The highest BCUT2D eigenvalue weighted by molar-refractivity contribution is 7.99. The number of hydrogen-bond donors (Lipinski definition) is 0. The van der Waals surface area contributed by atoms with Crippen LogP contribution in [0.5, 0.6) is 0 Å². The van der Waals surface area contributed by atoms with Gasteiger partial charge in [-0.2, -0.15) is 0 Å². The molecule has 4 rings (SSSR count). The molecule has 0 aliphatic carbocycles. The van der Waals surface area contributed by atoms with E-state index >= 15 is 0 Å². The van der Waals surface area contributed by atoms with Crippen molar-refractivity contribution in [3.8, 4) is 11.4 Å². The Morgan fingerprint density at radius 3 is 2.15 bits per heavy atom. The van der Waals surface area contributed by atoms with Crippen LogP contribution in [0.25, 0.3) is 11.4 Å². The summed E-state index contributed by atoms with van der Waals surface area (Å²) < 4.78 is 2.09. The van der Waals surface area contributed by atoms with Crippen molar-refractivity contribution >= 4 is 35.2 Å². The number of halogens is 1. The maximum Gasteiger partial charge on any atom is 0.262 e. The zero-order chi connectivity index (χ0) is 23.2. The minimum Gasteiger partial charge on any atom is -0.302 e. The standard InChI is InChI=1S/C25H27ClN4O2S/c1-2-3-4-5-6-9-16-29-22(18-12-14-19(26)15-13-18)27-28-25(29)33-17-30-23(31)20-10-7-8-11-21(20)24(30)32/h7-8,10-15H,2-6,9,16-17H2,1H3. The zero-order valence-corrected chi connectivity index (χ0v) is 20.2. The molecule has 0 fully saturated rings. The Balaban J connectivity index is 1.49. The molecule has 8 heteroatoms. The van der Waals surface area contributed by atoms with E-state index in [1.165, 1.54) is 42.3 Å². The molecule has 0 saturated heterocycles. The SMILES string of the molecule is CCCCCCCCn1c(SCN2C(=O)c3ccccc3C2=O)nnc1-c1ccc(Cl)cc1. The third kappa shape index (κ3) is 5.31. The van der Waals surface area contributed by atoms with Crippen LogP contribution in [-0.4, -0.2) is 37.4 Å². The van der Waals surface area contributed by atoms with Crippen LogP contribution >= 0.6 is 23.4 Å². The van der Waals surface area contributed by atoms with Gasteiger partial charge >= 0.3 is 0 Å². The Labute approximate surface area is 203 Å². The third-order valence-electron chi connectivity index (χ3n) is 5.76. The number of rotatable bonds is 11. The van der Waals surface area contributed by atoms with Gasteiger partial charge in [0.1, 0.15) is 0 Å². The molecule has 0 spiro atoms. The van der Waals surface area contributed by atoms with E-state index in [4.69, 9.17) is 11.6 Å². The number of aromatic nitrogens is 3. The topological polar surface area (TPSA) is 68.1 Å². The van der Waals surface area contributed by atoms with Crippen LogP contribution in [0.4, 0.5) is 0 Å². The van der Waals surface area contributed by atoms with Crippen LogP contribution < -0.4 is 0 Å². The van der Waals surface area contributed by atoms with Gasteiger partial charge < -0.3 is 4.57 Å². The average Bonchev–Trinajstić information content (AvgIpc) is 3.34. The summed E-state index contributed by atoms with van der Waals surface area (Å²) in [6.45, 7) is 2.99. The molecule has 3 aromatic rings. The van der Waals surface area contributed by atoms with Gasteiger partial charge in [-0.1, -0.05) is 74.5 Å². The molecule has 33 heavy (non-hydrogen) atoms. The first kappa shape index (κ1) is 23.5. The summed E-state index contributed by atoms with van der Waals surface area (Å²) in [5.74, 6) is 0.442. The number of benzene rings is 2. The van der Waals surface area contributed by atoms with Gasteiger partial charge in [0.2, 0.25) is 0 Å². The summed E-state index contributed by atoms with van der Waals surface area (Å²) in [6.07, 6.45) is 7.12. The van der Waals surface area contributed by atoms with Crippen LogP contribution in [0.3, 0.4) is 0 Å². The first-order valence-electron chi connectivity index (χ1n) is 11.4. The summed E-state index contributed by atoms with van der Waals surface area (Å²) in [5, 5.41) is 10.2. The van der Waals surface area contributed by atoms with Crippen molar-refractivity contribution in [2.24, 2.45) is 0 Å². The van der Waals surface area contributed by atoms with Gasteiger partial charge in [-0.15, -0.1) is 10.2 Å². The summed E-state index contributed by atoms with van der Waals surface area (Å²) >= 11 is 7.42. The molecule has 1 aliphatic heterocycles. The zero-order valence-electron chi connectivity index (χ0n) is 18.7. The lowest BCUT2D eigenvalue weighted by molar-refractivity contribution is 0.0684. The van der Waals surface area contributed by atoms with Crippen LogP contribution in [0.2, 0.25) is 5.02 Å². The predicted molar refractivity (Wildman–Crippen MR) is 132 cm³/mol. The van der Waals surface area contributed by atoms with E-state index in [9.17, 15) is 9.59 Å². The Morgan fingerprint density at radius 1 is 0.848 bits per heavy atom. The Bertz CT molecular complexity index is 1090. The number of amides is 2.